The van der Waals surface area contributed by atoms with Gasteiger partial charge >= 0.3 is 0 Å². The molecule has 6 rings (SSSR count). The summed E-state index contributed by atoms with van der Waals surface area (Å²) in [6.07, 6.45) is 2.33. The van der Waals surface area contributed by atoms with Crippen molar-refractivity contribution in [3.8, 4) is 28.6 Å². The smallest absolute Gasteiger partial charge is 0.223 e. The SMILES string of the molecule is Cc1ccc2c(c1)-n1nnc(COc3ccccc3)c1Cc1c(-c3noc(C)n3)ncn1-2. The second-order valence-electron chi connectivity index (χ2n) is 7.71. The van der Waals surface area contributed by atoms with E-state index in [1.54, 1.807) is 13.3 Å². The van der Waals surface area contributed by atoms with E-state index in [2.05, 4.69) is 55.1 Å². The number of hydrogen-bond acceptors (Lipinski definition) is 7. The fourth-order valence-corrected chi connectivity index (χ4v) is 3.98. The Labute approximate surface area is 183 Å². The highest BCUT2D eigenvalue weighted by Gasteiger charge is 2.28. The number of ether oxygens (including phenoxy) is 1. The van der Waals surface area contributed by atoms with Crippen LogP contribution in [0, 0.1) is 13.8 Å². The maximum absolute atomic E-state index is 5.98. The summed E-state index contributed by atoms with van der Waals surface area (Å²) in [5.41, 5.74) is 6.36. The molecular formula is C23H19N7O2. The average molecular weight is 425 g/mol. The number of imidazole rings is 1. The summed E-state index contributed by atoms with van der Waals surface area (Å²) in [7, 11) is 0. The molecule has 1 aliphatic rings. The third-order valence-electron chi connectivity index (χ3n) is 5.52. The standard InChI is InChI=1S/C23H19N7O2/c1-14-8-9-18-20(10-14)30-19(17(26-28-30)12-31-16-6-4-3-5-7-16)11-21-22(24-13-29(18)21)23-25-15(2)32-27-23/h3-10,13H,11-12H2,1-2H3. The maximum atomic E-state index is 5.98. The summed E-state index contributed by atoms with van der Waals surface area (Å²) in [6.45, 7) is 4.14. The number of fused-ring (bicyclic) bond motifs is 5. The number of rotatable bonds is 4. The third-order valence-corrected chi connectivity index (χ3v) is 5.52. The lowest BCUT2D eigenvalue weighted by Crippen LogP contribution is -2.05. The molecule has 3 aromatic heterocycles. The highest BCUT2D eigenvalue weighted by molar-refractivity contribution is 5.62. The Morgan fingerprint density at radius 1 is 1.03 bits per heavy atom. The van der Waals surface area contributed by atoms with E-state index < -0.39 is 0 Å². The molecule has 0 aliphatic carbocycles. The van der Waals surface area contributed by atoms with Crippen LogP contribution in [-0.2, 0) is 13.0 Å². The van der Waals surface area contributed by atoms with Crippen LogP contribution in [0.15, 0.2) is 59.4 Å². The maximum Gasteiger partial charge on any atom is 0.223 e. The van der Waals surface area contributed by atoms with Gasteiger partial charge in [-0.1, -0.05) is 34.6 Å². The fourth-order valence-electron chi connectivity index (χ4n) is 3.98. The number of aromatic nitrogens is 7. The lowest BCUT2D eigenvalue weighted by atomic mass is 10.1. The third kappa shape index (κ3) is 2.97. The van der Waals surface area contributed by atoms with Gasteiger partial charge in [-0.05, 0) is 36.8 Å². The Kier molecular flexibility index (Phi) is 4.14. The zero-order valence-electron chi connectivity index (χ0n) is 17.6. The molecule has 0 N–H and O–H groups in total. The van der Waals surface area contributed by atoms with Crippen LogP contribution in [0.1, 0.15) is 28.5 Å². The monoisotopic (exact) mass is 425 g/mol. The van der Waals surface area contributed by atoms with E-state index in [1.807, 2.05) is 35.0 Å². The van der Waals surface area contributed by atoms with Crippen LogP contribution in [0.5, 0.6) is 5.75 Å². The van der Waals surface area contributed by atoms with Crippen molar-refractivity contribution in [3.05, 3.63) is 83.4 Å². The predicted octanol–water partition coefficient (Wildman–Crippen LogP) is 3.60. The van der Waals surface area contributed by atoms with Gasteiger partial charge in [-0.2, -0.15) is 4.98 Å². The van der Waals surface area contributed by atoms with Crippen LogP contribution >= 0.6 is 0 Å². The Morgan fingerprint density at radius 3 is 2.72 bits per heavy atom. The molecule has 0 saturated carbocycles. The van der Waals surface area contributed by atoms with Crippen LogP contribution in [-0.4, -0.2) is 34.7 Å². The highest BCUT2D eigenvalue weighted by Crippen LogP contribution is 2.33. The molecule has 9 heteroatoms. The molecule has 1 aliphatic heterocycles. The van der Waals surface area contributed by atoms with E-state index in [9.17, 15) is 0 Å². The second kappa shape index (κ2) is 7.16. The summed E-state index contributed by atoms with van der Waals surface area (Å²) < 4.78 is 15.1. The van der Waals surface area contributed by atoms with Crippen molar-refractivity contribution in [2.45, 2.75) is 26.9 Å². The van der Waals surface area contributed by atoms with Crippen LogP contribution in [0.2, 0.25) is 0 Å². The van der Waals surface area contributed by atoms with Gasteiger partial charge in [0.1, 0.15) is 30.1 Å². The van der Waals surface area contributed by atoms with E-state index in [4.69, 9.17) is 9.26 Å². The molecule has 158 valence electrons. The van der Waals surface area contributed by atoms with E-state index in [-0.39, 0.29) is 0 Å². The fraction of sp³-hybridized carbons (Fsp3) is 0.174. The van der Waals surface area contributed by atoms with Gasteiger partial charge in [0, 0.05) is 13.3 Å². The summed E-state index contributed by atoms with van der Waals surface area (Å²) in [4.78, 5) is 9.01. The first kappa shape index (κ1) is 18.5. The normalized spacial score (nSPS) is 12.1. The van der Waals surface area contributed by atoms with Crippen molar-refractivity contribution in [3.63, 3.8) is 0 Å². The van der Waals surface area contributed by atoms with Crippen LogP contribution in [0.25, 0.3) is 22.9 Å². The molecule has 0 radical (unpaired) electrons. The van der Waals surface area contributed by atoms with Gasteiger partial charge < -0.3 is 9.26 Å². The van der Waals surface area contributed by atoms with Crippen molar-refractivity contribution >= 4 is 0 Å². The van der Waals surface area contributed by atoms with Crippen LogP contribution in [0.4, 0.5) is 0 Å². The number of para-hydroxylation sites is 1. The molecule has 0 spiro atoms. The van der Waals surface area contributed by atoms with Crippen molar-refractivity contribution in [1.82, 2.24) is 34.7 Å². The summed E-state index contributed by atoms with van der Waals surface area (Å²) >= 11 is 0. The first-order valence-corrected chi connectivity index (χ1v) is 10.3. The minimum absolute atomic E-state index is 0.311. The van der Waals surface area contributed by atoms with Gasteiger partial charge in [0.15, 0.2) is 0 Å². The lowest BCUT2D eigenvalue weighted by molar-refractivity contribution is 0.300. The summed E-state index contributed by atoms with van der Waals surface area (Å²) in [5, 5.41) is 13.0. The van der Waals surface area contributed by atoms with Gasteiger partial charge in [-0.3, -0.25) is 4.57 Å². The quantitative estimate of drug-likeness (QED) is 0.426. The Hall–Kier alpha value is -4.27. The topological polar surface area (TPSA) is 96.7 Å². The minimum atomic E-state index is 0.311. The zero-order chi connectivity index (χ0) is 21.7. The number of benzene rings is 2. The van der Waals surface area contributed by atoms with E-state index in [0.29, 0.717) is 30.4 Å². The molecular weight excluding hydrogens is 406 g/mol. The first-order chi connectivity index (χ1) is 15.7. The van der Waals surface area contributed by atoms with Gasteiger partial charge in [0.25, 0.3) is 0 Å². The van der Waals surface area contributed by atoms with Gasteiger partial charge in [0.05, 0.1) is 22.8 Å². The Bertz CT molecular complexity index is 1430. The molecule has 5 aromatic rings. The van der Waals surface area contributed by atoms with E-state index >= 15 is 0 Å². The van der Waals surface area contributed by atoms with Crippen molar-refractivity contribution < 1.29 is 9.26 Å². The zero-order valence-corrected chi connectivity index (χ0v) is 17.6. The van der Waals surface area contributed by atoms with Crippen molar-refractivity contribution in [2.24, 2.45) is 0 Å². The number of aryl methyl sites for hydroxylation is 2. The molecule has 0 atom stereocenters. The van der Waals surface area contributed by atoms with Gasteiger partial charge in [0.2, 0.25) is 11.7 Å². The second-order valence-corrected chi connectivity index (χ2v) is 7.71. The Morgan fingerprint density at radius 2 is 1.91 bits per heavy atom. The molecule has 4 heterocycles. The van der Waals surface area contributed by atoms with Crippen molar-refractivity contribution in [2.75, 3.05) is 0 Å². The minimum Gasteiger partial charge on any atom is -0.487 e. The molecule has 0 fully saturated rings. The first-order valence-electron chi connectivity index (χ1n) is 10.3. The van der Waals surface area contributed by atoms with Crippen LogP contribution in [0.3, 0.4) is 0 Å². The molecule has 0 amide bonds. The largest absolute Gasteiger partial charge is 0.487 e. The van der Waals surface area contributed by atoms with Crippen molar-refractivity contribution in [1.29, 1.82) is 0 Å². The highest BCUT2D eigenvalue weighted by atomic mass is 16.5. The average Bonchev–Trinajstić information content (AvgIpc) is 3.50. The number of nitrogens with zero attached hydrogens (tertiary/aromatic N) is 7. The molecule has 0 saturated heterocycles. The van der Waals surface area contributed by atoms with E-state index in [1.165, 1.54) is 0 Å². The summed E-state index contributed by atoms with van der Waals surface area (Å²) in [5.74, 6) is 1.75. The molecule has 9 nitrogen and oxygen atoms in total. The lowest BCUT2D eigenvalue weighted by Gasteiger charge is -2.10. The van der Waals surface area contributed by atoms with Crippen LogP contribution < -0.4 is 4.74 Å². The van der Waals surface area contributed by atoms with Gasteiger partial charge in [-0.15, -0.1) is 5.10 Å². The molecule has 0 unspecified atom stereocenters. The Balaban J connectivity index is 1.49. The molecule has 32 heavy (non-hydrogen) atoms. The van der Waals surface area contributed by atoms with E-state index in [0.717, 1.165) is 39.8 Å². The summed E-state index contributed by atoms with van der Waals surface area (Å²) in [6, 6.07) is 15.9. The molecule has 2 aromatic carbocycles. The van der Waals surface area contributed by atoms with Gasteiger partial charge in [-0.25, -0.2) is 9.67 Å². The predicted molar refractivity (Wildman–Crippen MR) is 115 cm³/mol. The molecule has 0 bridgehead atoms. The number of hydrogen-bond donors (Lipinski definition) is 0.